The summed E-state index contributed by atoms with van der Waals surface area (Å²) < 4.78 is 6.23. The Morgan fingerprint density at radius 2 is 1.72 bits per heavy atom. The molecule has 134 valence electrons. The van der Waals surface area contributed by atoms with Gasteiger partial charge in [-0.2, -0.15) is 0 Å². The zero-order chi connectivity index (χ0) is 17.3. The van der Waals surface area contributed by atoms with E-state index in [0.717, 1.165) is 31.9 Å². The van der Waals surface area contributed by atoms with Crippen LogP contribution in [0.25, 0.3) is 0 Å². The molecule has 3 heteroatoms. The van der Waals surface area contributed by atoms with Gasteiger partial charge in [-0.1, -0.05) is 68.3 Å². The second kappa shape index (κ2) is 9.59. The summed E-state index contributed by atoms with van der Waals surface area (Å²) in [6, 6.07) is 19.5. The van der Waals surface area contributed by atoms with E-state index < -0.39 is 0 Å². The summed E-state index contributed by atoms with van der Waals surface area (Å²) in [6.45, 7) is 7.28. The number of nitrogens with one attached hydrogen (secondary N) is 1. The summed E-state index contributed by atoms with van der Waals surface area (Å²) in [7, 11) is 0. The molecular weight excluding hydrogens is 308 g/mol. The Kier molecular flexibility index (Phi) is 6.89. The van der Waals surface area contributed by atoms with Crippen LogP contribution in [0.2, 0.25) is 0 Å². The number of para-hydroxylation sites is 1. The van der Waals surface area contributed by atoms with Gasteiger partial charge in [-0.15, -0.1) is 0 Å². The van der Waals surface area contributed by atoms with Gasteiger partial charge >= 0.3 is 0 Å². The van der Waals surface area contributed by atoms with Crippen LogP contribution in [0.4, 0.5) is 0 Å². The quantitative estimate of drug-likeness (QED) is 0.772. The van der Waals surface area contributed by atoms with E-state index in [2.05, 4.69) is 65.7 Å². The van der Waals surface area contributed by atoms with E-state index in [1.54, 1.807) is 0 Å². The van der Waals surface area contributed by atoms with Crippen LogP contribution in [0.3, 0.4) is 0 Å². The maximum Gasteiger partial charge on any atom is 0.124 e. The summed E-state index contributed by atoms with van der Waals surface area (Å²) >= 11 is 0. The molecule has 0 radical (unpaired) electrons. The fourth-order valence-corrected chi connectivity index (χ4v) is 3.55. The molecular formula is C22H30N2O. The van der Waals surface area contributed by atoms with E-state index in [1.807, 2.05) is 6.07 Å². The van der Waals surface area contributed by atoms with Crippen LogP contribution in [-0.2, 0) is 6.61 Å². The monoisotopic (exact) mass is 338 g/mol. The molecule has 0 aromatic heterocycles. The first-order valence-electron chi connectivity index (χ1n) is 9.59. The van der Waals surface area contributed by atoms with Gasteiger partial charge in [0.2, 0.25) is 0 Å². The minimum Gasteiger partial charge on any atom is -0.489 e. The maximum atomic E-state index is 6.23. The lowest BCUT2D eigenvalue weighted by Gasteiger charge is -2.36. The van der Waals surface area contributed by atoms with E-state index in [0.29, 0.717) is 12.6 Å². The zero-order valence-electron chi connectivity index (χ0n) is 15.3. The molecule has 3 nitrogen and oxygen atoms in total. The zero-order valence-corrected chi connectivity index (χ0v) is 15.3. The molecule has 0 unspecified atom stereocenters. The highest BCUT2D eigenvalue weighted by Gasteiger charge is 2.24. The minimum atomic E-state index is 0.453. The summed E-state index contributed by atoms with van der Waals surface area (Å²) in [6.07, 6.45) is 3.68. The Morgan fingerprint density at radius 3 is 2.48 bits per heavy atom. The van der Waals surface area contributed by atoms with E-state index in [1.165, 1.54) is 30.4 Å². The van der Waals surface area contributed by atoms with Gasteiger partial charge in [-0.3, -0.25) is 4.90 Å². The van der Waals surface area contributed by atoms with Gasteiger partial charge in [0.15, 0.2) is 0 Å². The highest BCUT2D eigenvalue weighted by Crippen LogP contribution is 2.33. The second-order valence-corrected chi connectivity index (χ2v) is 6.76. The van der Waals surface area contributed by atoms with Crippen LogP contribution in [0.15, 0.2) is 54.6 Å². The molecule has 0 aliphatic carbocycles. The third kappa shape index (κ3) is 5.07. The van der Waals surface area contributed by atoms with Crippen molar-refractivity contribution >= 4 is 0 Å². The molecule has 0 spiro atoms. The van der Waals surface area contributed by atoms with Crippen LogP contribution in [0, 0.1) is 0 Å². The van der Waals surface area contributed by atoms with Gasteiger partial charge in [-0.05, 0) is 18.1 Å². The van der Waals surface area contributed by atoms with Crippen molar-refractivity contribution in [3.05, 3.63) is 65.7 Å². The second-order valence-electron chi connectivity index (χ2n) is 6.76. The van der Waals surface area contributed by atoms with Crippen LogP contribution < -0.4 is 10.1 Å². The third-order valence-electron chi connectivity index (χ3n) is 4.94. The molecule has 2 aromatic carbocycles. The first kappa shape index (κ1) is 18.0. The van der Waals surface area contributed by atoms with Crippen molar-refractivity contribution in [2.24, 2.45) is 0 Å². The van der Waals surface area contributed by atoms with Gasteiger partial charge in [0.25, 0.3) is 0 Å². The average Bonchev–Trinajstić information content (AvgIpc) is 2.69. The molecule has 25 heavy (non-hydrogen) atoms. The lowest BCUT2D eigenvalue weighted by molar-refractivity contribution is 0.158. The van der Waals surface area contributed by atoms with Crippen molar-refractivity contribution in [1.29, 1.82) is 0 Å². The van der Waals surface area contributed by atoms with E-state index >= 15 is 0 Å². The minimum absolute atomic E-state index is 0.453. The van der Waals surface area contributed by atoms with Crippen molar-refractivity contribution < 1.29 is 4.74 Å². The summed E-state index contributed by atoms with van der Waals surface area (Å²) in [5.41, 5.74) is 2.55. The highest BCUT2D eigenvalue weighted by molar-refractivity contribution is 5.36. The number of piperazine rings is 1. The molecule has 1 fully saturated rings. The Bertz CT molecular complexity index is 623. The molecule has 1 heterocycles. The number of unbranched alkanes of at least 4 members (excludes halogenated alkanes) is 1. The summed E-state index contributed by atoms with van der Waals surface area (Å²) in [5.74, 6) is 1.03. The molecule has 1 aliphatic heterocycles. The predicted octanol–water partition coefficient (Wildman–Crippen LogP) is 4.40. The van der Waals surface area contributed by atoms with Crippen molar-refractivity contribution in [3.63, 3.8) is 0 Å². The fraction of sp³-hybridized carbons (Fsp3) is 0.455. The number of nitrogens with zero attached hydrogens (tertiary/aromatic N) is 1. The van der Waals surface area contributed by atoms with Crippen molar-refractivity contribution in [2.45, 2.75) is 38.8 Å². The van der Waals surface area contributed by atoms with Gasteiger partial charge in [0.05, 0.1) is 0 Å². The van der Waals surface area contributed by atoms with Crippen molar-refractivity contribution in [3.8, 4) is 5.75 Å². The number of ether oxygens (including phenoxy) is 1. The van der Waals surface area contributed by atoms with Crippen molar-refractivity contribution in [1.82, 2.24) is 10.2 Å². The largest absolute Gasteiger partial charge is 0.489 e. The molecule has 2 aromatic rings. The van der Waals surface area contributed by atoms with Crippen molar-refractivity contribution in [2.75, 3.05) is 26.2 Å². The third-order valence-corrected chi connectivity index (χ3v) is 4.94. The molecule has 1 saturated heterocycles. The molecule has 3 rings (SSSR count). The summed E-state index contributed by atoms with van der Waals surface area (Å²) in [4.78, 5) is 2.62. The van der Waals surface area contributed by atoms with Gasteiger partial charge in [0.1, 0.15) is 12.4 Å². The number of hydrogen-bond donors (Lipinski definition) is 1. The lowest BCUT2D eigenvalue weighted by atomic mass is 9.97. The van der Waals surface area contributed by atoms with Crippen LogP contribution in [-0.4, -0.2) is 31.1 Å². The molecule has 0 amide bonds. The average molecular weight is 338 g/mol. The van der Waals surface area contributed by atoms with Gasteiger partial charge < -0.3 is 10.1 Å². The number of rotatable bonds is 8. The first-order chi connectivity index (χ1) is 12.4. The highest BCUT2D eigenvalue weighted by atomic mass is 16.5. The van der Waals surface area contributed by atoms with E-state index in [4.69, 9.17) is 4.74 Å². The Hall–Kier alpha value is -1.84. The Labute approximate surface area is 152 Å². The van der Waals surface area contributed by atoms with E-state index in [-0.39, 0.29) is 0 Å². The normalized spacial score (nSPS) is 16.5. The number of hydrogen-bond acceptors (Lipinski definition) is 3. The molecule has 1 atom stereocenters. The fourth-order valence-electron chi connectivity index (χ4n) is 3.55. The lowest BCUT2D eigenvalue weighted by Crippen LogP contribution is -2.45. The Morgan fingerprint density at radius 1 is 1.00 bits per heavy atom. The molecule has 1 aliphatic rings. The molecule has 1 N–H and O–H groups in total. The predicted molar refractivity (Wildman–Crippen MR) is 104 cm³/mol. The topological polar surface area (TPSA) is 24.5 Å². The number of benzene rings is 2. The smallest absolute Gasteiger partial charge is 0.124 e. The maximum absolute atomic E-state index is 6.23. The van der Waals surface area contributed by atoms with Crippen LogP contribution in [0.1, 0.15) is 43.4 Å². The van der Waals surface area contributed by atoms with E-state index in [9.17, 15) is 0 Å². The first-order valence-corrected chi connectivity index (χ1v) is 9.59. The van der Waals surface area contributed by atoms with Gasteiger partial charge in [-0.25, -0.2) is 0 Å². The van der Waals surface area contributed by atoms with Crippen LogP contribution >= 0.6 is 0 Å². The Balaban J connectivity index is 1.77. The molecule has 0 bridgehead atoms. The van der Waals surface area contributed by atoms with Gasteiger partial charge in [0, 0.05) is 37.8 Å². The van der Waals surface area contributed by atoms with Crippen LogP contribution in [0.5, 0.6) is 5.75 Å². The SMILES string of the molecule is CCCC[C@H](c1ccccc1OCc1ccccc1)N1CCNCC1. The standard InChI is InChI=1S/C22H30N2O/c1-2-3-12-21(24-16-14-23-15-17-24)20-11-7-8-13-22(20)25-18-19-9-5-4-6-10-19/h4-11,13,21,23H,2-3,12,14-18H2,1H3/t21-/m1/s1. The molecule has 0 saturated carbocycles. The summed E-state index contributed by atoms with van der Waals surface area (Å²) in [5, 5.41) is 3.47.